The van der Waals surface area contributed by atoms with Crippen LogP contribution in [-0.4, -0.2) is 87.3 Å². The minimum Gasteiger partial charge on any atom is -0.444 e. The number of amides is 3. The van der Waals surface area contributed by atoms with Crippen molar-refractivity contribution >= 4 is 29.9 Å². The first-order valence-corrected chi connectivity index (χ1v) is 14.6. The molecule has 42 heavy (non-hydrogen) atoms. The number of nitrogens with one attached hydrogen (secondary N) is 3. The summed E-state index contributed by atoms with van der Waals surface area (Å²) >= 11 is 0. The van der Waals surface area contributed by atoms with Crippen LogP contribution < -0.4 is 16.0 Å². The second-order valence-electron chi connectivity index (χ2n) is 10.8. The first kappa shape index (κ1) is 36.6. The highest BCUT2D eigenvalue weighted by Crippen LogP contribution is 2.26. The molecule has 11 heteroatoms. The number of aryl methyl sites for hydroxylation is 1. The number of unbranched alkanes of at least 4 members (excludes halogenated alkanes) is 1. The maximum atomic E-state index is 14.1. The Morgan fingerprint density at radius 1 is 1.02 bits per heavy atom. The normalized spacial score (nSPS) is 12.3. The number of anilines is 1. The second-order valence-corrected chi connectivity index (χ2v) is 10.8. The van der Waals surface area contributed by atoms with Crippen LogP contribution in [0, 0.1) is 6.92 Å². The third-order valence-electron chi connectivity index (χ3n) is 6.08. The standard InChI is InChI=1S/C31H50N4O7/c1-8-9-13-24(3)35(26(15-11-18-36)28(37)32-7)29(38)27-23(2)12-10-14-25(27)33-16-19-40-21-22-41-20-17-34-30(39)42-31(4,5)6/h10,12-14,18,26,33H,8-9,11,15-17,19-22H2,1-7H3,(H,32,37)(H,34,39)/b24-13+. The molecule has 1 atom stereocenters. The van der Waals surface area contributed by atoms with E-state index in [0.717, 1.165) is 24.7 Å². The molecule has 1 rings (SSSR count). The zero-order valence-electron chi connectivity index (χ0n) is 26.3. The molecule has 3 amide bonds. The van der Waals surface area contributed by atoms with Crippen molar-refractivity contribution in [3.63, 3.8) is 0 Å². The number of hydrogen-bond acceptors (Lipinski definition) is 8. The van der Waals surface area contributed by atoms with Gasteiger partial charge in [0, 0.05) is 37.9 Å². The third-order valence-corrected chi connectivity index (χ3v) is 6.08. The molecule has 3 N–H and O–H groups in total. The van der Waals surface area contributed by atoms with Crippen LogP contribution in [0.15, 0.2) is 30.0 Å². The molecule has 236 valence electrons. The van der Waals surface area contributed by atoms with Gasteiger partial charge in [0.1, 0.15) is 17.9 Å². The van der Waals surface area contributed by atoms with Crippen LogP contribution >= 0.6 is 0 Å². The largest absolute Gasteiger partial charge is 0.444 e. The van der Waals surface area contributed by atoms with Crippen molar-refractivity contribution in [3.8, 4) is 0 Å². The Balaban J connectivity index is 2.79. The van der Waals surface area contributed by atoms with Gasteiger partial charge in [-0.1, -0.05) is 31.6 Å². The van der Waals surface area contributed by atoms with E-state index in [2.05, 4.69) is 16.0 Å². The van der Waals surface area contributed by atoms with Gasteiger partial charge < -0.3 is 39.9 Å². The summed E-state index contributed by atoms with van der Waals surface area (Å²) in [5, 5.41) is 8.56. The number of aldehydes is 1. The van der Waals surface area contributed by atoms with E-state index in [1.807, 2.05) is 45.0 Å². The SMILES string of the molecule is CCC/C=C(\C)N(C(=O)c1c(C)cccc1NCCOCCOCCNC(=O)OC(C)(C)C)C(CCC=O)C(=O)NC. The molecule has 0 aliphatic heterocycles. The van der Waals surface area contributed by atoms with E-state index in [4.69, 9.17) is 14.2 Å². The Kier molecular flexibility index (Phi) is 17.1. The number of rotatable bonds is 19. The Bertz CT molecular complexity index is 1040. The molecule has 1 unspecified atom stereocenters. The lowest BCUT2D eigenvalue weighted by atomic mass is 10.0. The number of hydrogen-bond donors (Lipinski definition) is 3. The van der Waals surface area contributed by atoms with Gasteiger partial charge in [-0.05, 0) is 59.1 Å². The van der Waals surface area contributed by atoms with Crippen molar-refractivity contribution in [2.45, 2.75) is 78.9 Å². The summed E-state index contributed by atoms with van der Waals surface area (Å²) in [5.41, 5.74) is 1.97. The monoisotopic (exact) mass is 590 g/mol. The van der Waals surface area contributed by atoms with Crippen molar-refractivity contribution in [1.82, 2.24) is 15.5 Å². The molecular weight excluding hydrogens is 540 g/mol. The smallest absolute Gasteiger partial charge is 0.407 e. The number of carbonyl (C=O) groups excluding carboxylic acids is 4. The molecule has 0 fully saturated rings. The fourth-order valence-corrected chi connectivity index (χ4v) is 4.11. The lowest BCUT2D eigenvalue weighted by Gasteiger charge is -2.32. The molecule has 0 spiro atoms. The molecule has 0 saturated carbocycles. The van der Waals surface area contributed by atoms with E-state index in [9.17, 15) is 19.2 Å². The van der Waals surface area contributed by atoms with Crippen molar-refractivity contribution in [2.24, 2.45) is 0 Å². The maximum absolute atomic E-state index is 14.1. The number of allylic oxidation sites excluding steroid dienone is 2. The summed E-state index contributed by atoms with van der Waals surface area (Å²) in [7, 11) is 1.52. The molecule has 0 radical (unpaired) electrons. The Morgan fingerprint density at radius 2 is 1.69 bits per heavy atom. The van der Waals surface area contributed by atoms with Crippen molar-refractivity contribution in [2.75, 3.05) is 51.9 Å². The van der Waals surface area contributed by atoms with Crippen molar-refractivity contribution in [3.05, 3.63) is 41.1 Å². The first-order valence-electron chi connectivity index (χ1n) is 14.6. The average Bonchev–Trinajstić information content (AvgIpc) is 2.93. The molecule has 0 aliphatic rings. The summed E-state index contributed by atoms with van der Waals surface area (Å²) in [5.74, 6) is -0.636. The van der Waals surface area contributed by atoms with Gasteiger partial charge in [0.25, 0.3) is 5.91 Å². The minimum absolute atomic E-state index is 0.156. The Labute approximate surface area is 250 Å². The van der Waals surface area contributed by atoms with Crippen LogP contribution in [0.4, 0.5) is 10.5 Å². The van der Waals surface area contributed by atoms with Gasteiger partial charge in [-0.25, -0.2) is 4.79 Å². The zero-order valence-corrected chi connectivity index (χ0v) is 26.3. The van der Waals surface area contributed by atoms with Crippen LogP contribution in [0.3, 0.4) is 0 Å². The number of nitrogens with zero attached hydrogens (tertiary/aromatic N) is 1. The summed E-state index contributed by atoms with van der Waals surface area (Å²) in [6, 6.07) is 4.72. The van der Waals surface area contributed by atoms with Gasteiger partial charge >= 0.3 is 6.09 Å². The molecule has 0 aromatic heterocycles. The van der Waals surface area contributed by atoms with E-state index < -0.39 is 17.7 Å². The number of carbonyl (C=O) groups is 4. The number of ether oxygens (including phenoxy) is 3. The summed E-state index contributed by atoms with van der Waals surface area (Å²) in [6.45, 7) is 13.3. The molecule has 0 saturated heterocycles. The van der Waals surface area contributed by atoms with Gasteiger partial charge in [-0.2, -0.15) is 0 Å². The Morgan fingerprint density at radius 3 is 2.29 bits per heavy atom. The molecule has 11 nitrogen and oxygen atoms in total. The fraction of sp³-hybridized carbons (Fsp3) is 0.613. The molecule has 0 bridgehead atoms. The van der Waals surface area contributed by atoms with Crippen LogP contribution in [0.25, 0.3) is 0 Å². The molecule has 1 aromatic carbocycles. The van der Waals surface area contributed by atoms with Crippen LogP contribution in [0.2, 0.25) is 0 Å². The van der Waals surface area contributed by atoms with E-state index in [0.29, 0.717) is 56.5 Å². The second kappa shape index (κ2) is 19.6. The topological polar surface area (TPSA) is 135 Å². The number of benzene rings is 1. The highest BCUT2D eigenvalue weighted by Gasteiger charge is 2.32. The summed E-state index contributed by atoms with van der Waals surface area (Å²) in [6.07, 6.45) is 4.24. The van der Waals surface area contributed by atoms with Crippen molar-refractivity contribution < 1.29 is 33.4 Å². The maximum Gasteiger partial charge on any atom is 0.407 e. The predicted molar refractivity (Wildman–Crippen MR) is 164 cm³/mol. The van der Waals surface area contributed by atoms with Crippen molar-refractivity contribution in [1.29, 1.82) is 0 Å². The summed E-state index contributed by atoms with van der Waals surface area (Å²) < 4.78 is 16.3. The minimum atomic E-state index is -0.823. The van der Waals surface area contributed by atoms with Gasteiger partial charge in [-0.15, -0.1) is 0 Å². The van der Waals surface area contributed by atoms with Gasteiger partial charge in [0.05, 0.1) is 32.0 Å². The Hall–Kier alpha value is -3.44. The lowest BCUT2D eigenvalue weighted by molar-refractivity contribution is -0.125. The van der Waals surface area contributed by atoms with E-state index in [1.54, 1.807) is 20.8 Å². The van der Waals surface area contributed by atoms with E-state index in [-0.39, 0.29) is 24.7 Å². The first-order chi connectivity index (χ1) is 20.0. The third kappa shape index (κ3) is 13.5. The molecule has 1 aromatic rings. The summed E-state index contributed by atoms with van der Waals surface area (Å²) in [4.78, 5) is 51.2. The number of alkyl carbamates (subject to hydrolysis) is 1. The van der Waals surface area contributed by atoms with Gasteiger partial charge in [0.2, 0.25) is 5.91 Å². The quantitative estimate of drug-likeness (QED) is 0.161. The fourth-order valence-electron chi connectivity index (χ4n) is 4.11. The number of likely N-dealkylation sites (N-methyl/N-ethyl adjacent to an activating group) is 1. The average molecular weight is 591 g/mol. The van der Waals surface area contributed by atoms with Gasteiger partial charge in [-0.3, -0.25) is 9.59 Å². The van der Waals surface area contributed by atoms with Gasteiger partial charge in [0.15, 0.2) is 0 Å². The molecule has 0 heterocycles. The zero-order chi connectivity index (χ0) is 31.5. The highest BCUT2D eigenvalue weighted by molar-refractivity contribution is 6.04. The van der Waals surface area contributed by atoms with Crippen LogP contribution in [-0.2, 0) is 23.8 Å². The van der Waals surface area contributed by atoms with Crippen LogP contribution in [0.1, 0.15) is 76.2 Å². The molecular formula is C31H50N4O7. The highest BCUT2D eigenvalue weighted by atomic mass is 16.6. The van der Waals surface area contributed by atoms with E-state index in [1.165, 1.54) is 11.9 Å². The predicted octanol–water partition coefficient (Wildman–Crippen LogP) is 4.20. The lowest BCUT2D eigenvalue weighted by Crippen LogP contribution is -2.48. The van der Waals surface area contributed by atoms with E-state index >= 15 is 0 Å². The van der Waals surface area contributed by atoms with Crippen LogP contribution in [0.5, 0.6) is 0 Å². The molecule has 0 aliphatic carbocycles.